The van der Waals surface area contributed by atoms with Crippen molar-refractivity contribution in [2.75, 3.05) is 18.4 Å². The number of benzene rings is 1. The van der Waals surface area contributed by atoms with Gasteiger partial charge in [0.2, 0.25) is 5.95 Å². The summed E-state index contributed by atoms with van der Waals surface area (Å²) in [5.74, 6) is 1.01. The van der Waals surface area contributed by atoms with E-state index in [1.165, 1.54) is 5.56 Å². The van der Waals surface area contributed by atoms with Crippen LogP contribution in [0.4, 0.5) is 5.95 Å². The molecule has 3 N–H and O–H groups in total. The third-order valence-corrected chi connectivity index (χ3v) is 5.03. The highest BCUT2D eigenvalue weighted by molar-refractivity contribution is 5.50. The summed E-state index contributed by atoms with van der Waals surface area (Å²) in [5, 5.41) is 20.7. The topological polar surface area (TPSA) is 95.8 Å². The van der Waals surface area contributed by atoms with Crippen molar-refractivity contribution in [1.29, 1.82) is 5.26 Å². The van der Waals surface area contributed by atoms with E-state index in [1.54, 1.807) is 6.33 Å². The molecular weight excluding hydrogens is 302 g/mol. The molecule has 0 aliphatic carbocycles. The van der Waals surface area contributed by atoms with Crippen molar-refractivity contribution in [2.45, 2.75) is 24.9 Å². The van der Waals surface area contributed by atoms with Gasteiger partial charge in [0.15, 0.2) is 0 Å². The summed E-state index contributed by atoms with van der Waals surface area (Å²) in [5.41, 5.74) is 7.54. The van der Waals surface area contributed by atoms with Gasteiger partial charge in [-0.2, -0.15) is 5.26 Å². The molecule has 2 aromatic rings. The molecule has 7 heteroatoms. The second kappa shape index (κ2) is 5.65. The smallest absolute Gasteiger partial charge is 0.230 e. The first-order valence-corrected chi connectivity index (χ1v) is 8.07. The molecule has 0 atom stereocenters. The monoisotopic (exact) mass is 321 g/mol. The highest BCUT2D eigenvalue weighted by atomic mass is 15.4. The Morgan fingerprint density at radius 2 is 2.00 bits per heavy atom. The maximum Gasteiger partial charge on any atom is 0.230 e. The number of hydrogen-bond acceptors (Lipinski definition) is 6. The first kappa shape index (κ1) is 14.7. The normalized spacial score (nSPS) is 19.6. The molecule has 2 aliphatic rings. The predicted molar refractivity (Wildman–Crippen MR) is 89.4 cm³/mol. The van der Waals surface area contributed by atoms with E-state index in [1.807, 2.05) is 10.6 Å². The number of nitrogens with two attached hydrogens (primary N) is 1. The van der Waals surface area contributed by atoms with Crippen molar-refractivity contribution < 1.29 is 0 Å². The highest BCUT2D eigenvalue weighted by Gasteiger charge is 2.45. The van der Waals surface area contributed by atoms with Crippen LogP contribution in [-0.4, -0.2) is 32.8 Å². The van der Waals surface area contributed by atoms with Crippen LogP contribution >= 0.6 is 0 Å². The Balaban J connectivity index is 1.59. The average Bonchev–Trinajstić information content (AvgIpc) is 3.07. The molecule has 1 aromatic carbocycles. The summed E-state index contributed by atoms with van der Waals surface area (Å²) < 4.78 is 1.97. The zero-order valence-electron chi connectivity index (χ0n) is 13.3. The number of nitrogens with one attached hydrogen (secondary N) is 1. The van der Waals surface area contributed by atoms with Crippen molar-refractivity contribution in [3.63, 3.8) is 0 Å². The van der Waals surface area contributed by atoms with Crippen LogP contribution in [0.15, 0.2) is 48.1 Å². The molecule has 0 bridgehead atoms. The van der Waals surface area contributed by atoms with Crippen LogP contribution in [-0.2, 0) is 12.1 Å². The van der Waals surface area contributed by atoms with Gasteiger partial charge in [0.25, 0.3) is 0 Å². The average molecular weight is 321 g/mol. The Morgan fingerprint density at radius 3 is 2.71 bits per heavy atom. The Morgan fingerprint density at radius 1 is 1.25 bits per heavy atom. The van der Waals surface area contributed by atoms with Gasteiger partial charge >= 0.3 is 0 Å². The van der Waals surface area contributed by atoms with Gasteiger partial charge in [-0.15, -0.1) is 10.2 Å². The van der Waals surface area contributed by atoms with E-state index in [9.17, 15) is 5.26 Å². The summed E-state index contributed by atoms with van der Waals surface area (Å²) in [7, 11) is 0. The minimum absolute atomic E-state index is 0.398. The Kier molecular flexibility index (Phi) is 3.47. The van der Waals surface area contributed by atoms with E-state index in [2.05, 4.69) is 50.7 Å². The summed E-state index contributed by atoms with van der Waals surface area (Å²) in [4.78, 5) is 2.41. The van der Waals surface area contributed by atoms with E-state index in [4.69, 9.17) is 5.73 Å². The molecule has 0 saturated carbocycles. The van der Waals surface area contributed by atoms with Gasteiger partial charge in [-0.05, 0) is 18.4 Å². The van der Waals surface area contributed by atoms with Crippen molar-refractivity contribution in [3.8, 4) is 6.07 Å². The molecule has 0 unspecified atom stereocenters. The molecule has 1 aromatic heterocycles. The third kappa shape index (κ3) is 2.23. The molecule has 1 spiro atoms. The fourth-order valence-electron chi connectivity index (χ4n) is 3.77. The number of aromatic nitrogens is 3. The quantitative estimate of drug-likeness (QED) is 0.868. The number of anilines is 1. The van der Waals surface area contributed by atoms with Gasteiger partial charge in [-0.3, -0.25) is 9.47 Å². The Bertz CT molecular complexity index is 807. The zero-order valence-corrected chi connectivity index (χ0v) is 13.3. The standard InChI is InChI=1S/C17H19N7/c18-10-14-15(19)21-16-22-20-12-24(16)17(14)6-8-23(9-7-17)11-13-4-2-1-3-5-13/h1-5,12H,6-9,11,19H2,(H,21,22). The number of rotatable bonds is 2. The molecule has 3 heterocycles. The predicted octanol–water partition coefficient (Wildman–Crippen LogP) is 1.39. The van der Waals surface area contributed by atoms with Gasteiger partial charge in [0, 0.05) is 19.6 Å². The van der Waals surface area contributed by atoms with E-state index in [0.717, 1.165) is 32.5 Å². The first-order valence-electron chi connectivity index (χ1n) is 8.07. The molecule has 4 rings (SSSR count). The number of piperidine rings is 1. The molecule has 0 amide bonds. The maximum absolute atomic E-state index is 9.65. The first-order chi connectivity index (χ1) is 11.7. The van der Waals surface area contributed by atoms with E-state index in [-0.39, 0.29) is 0 Å². The second-order valence-electron chi connectivity index (χ2n) is 6.34. The lowest BCUT2D eigenvalue weighted by molar-refractivity contribution is 0.131. The van der Waals surface area contributed by atoms with E-state index >= 15 is 0 Å². The lowest BCUT2D eigenvalue weighted by atomic mass is 9.79. The highest BCUT2D eigenvalue weighted by Crippen LogP contribution is 2.42. The summed E-state index contributed by atoms with van der Waals surface area (Å²) in [6.45, 7) is 2.71. The number of hydrogen-bond donors (Lipinski definition) is 2. The molecule has 1 fully saturated rings. The summed E-state index contributed by atoms with van der Waals surface area (Å²) in [6, 6.07) is 12.8. The van der Waals surface area contributed by atoms with Crippen molar-refractivity contribution in [1.82, 2.24) is 19.7 Å². The molecule has 7 nitrogen and oxygen atoms in total. The summed E-state index contributed by atoms with van der Waals surface area (Å²) >= 11 is 0. The number of nitrogens with zero attached hydrogens (tertiary/aromatic N) is 5. The lowest BCUT2D eigenvalue weighted by Crippen LogP contribution is -2.50. The van der Waals surface area contributed by atoms with Crippen molar-refractivity contribution in [3.05, 3.63) is 53.6 Å². The van der Waals surface area contributed by atoms with Crippen LogP contribution in [0.25, 0.3) is 0 Å². The van der Waals surface area contributed by atoms with Crippen LogP contribution in [0.5, 0.6) is 0 Å². The van der Waals surface area contributed by atoms with Gasteiger partial charge in [0.1, 0.15) is 18.2 Å². The SMILES string of the molecule is N#CC1=C(N)Nc2nncn2C12CCN(Cc1ccccc1)CC2. The maximum atomic E-state index is 9.65. The van der Waals surface area contributed by atoms with Crippen LogP contribution in [0.1, 0.15) is 18.4 Å². The number of likely N-dealkylation sites (tertiary alicyclic amines) is 1. The second-order valence-corrected chi connectivity index (χ2v) is 6.34. The van der Waals surface area contributed by atoms with Gasteiger partial charge < -0.3 is 11.1 Å². The molecule has 24 heavy (non-hydrogen) atoms. The fraction of sp³-hybridized carbons (Fsp3) is 0.353. The number of nitriles is 1. The molecule has 122 valence electrons. The molecule has 0 radical (unpaired) electrons. The van der Waals surface area contributed by atoms with Crippen molar-refractivity contribution >= 4 is 5.95 Å². The van der Waals surface area contributed by atoms with Crippen LogP contribution in [0.3, 0.4) is 0 Å². The molecule has 1 saturated heterocycles. The van der Waals surface area contributed by atoms with Gasteiger partial charge in [0.05, 0.1) is 11.1 Å². The van der Waals surface area contributed by atoms with Gasteiger partial charge in [-0.1, -0.05) is 30.3 Å². The third-order valence-electron chi connectivity index (χ3n) is 5.03. The Hall–Kier alpha value is -2.85. The number of allylic oxidation sites excluding steroid dienone is 1. The van der Waals surface area contributed by atoms with Gasteiger partial charge in [-0.25, -0.2) is 0 Å². The van der Waals surface area contributed by atoms with Crippen LogP contribution in [0, 0.1) is 11.3 Å². The minimum atomic E-state index is -0.434. The number of fused-ring (bicyclic) bond motifs is 2. The Labute approximate surface area is 140 Å². The molecular formula is C17H19N7. The summed E-state index contributed by atoms with van der Waals surface area (Å²) in [6.07, 6.45) is 3.32. The largest absolute Gasteiger partial charge is 0.384 e. The van der Waals surface area contributed by atoms with E-state index in [0.29, 0.717) is 17.3 Å². The zero-order chi connectivity index (χ0) is 16.6. The molecule has 2 aliphatic heterocycles. The fourth-order valence-corrected chi connectivity index (χ4v) is 3.77. The van der Waals surface area contributed by atoms with Crippen molar-refractivity contribution in [2.24, 2.45) is 5.73 Å². The van der Waals surface area contributed by atoms with Crippen LogP contribution < -0.4 is 11.1 Å². The lowest BCUT2D eigenvalue weighted by Gasteiger charge is -2.44. The minimum Gasteiger partial charge on any atom is -0.384 e. The van der Waals surface area contributed by atoms with Crippen LogP contribution in [0.2, 0.25) is 0 Å². The van der Waals surface area contributed by atoms with E-state index < -0.39 is 5.54 Å².